The standard InChI is InChI=1S/C38H71NO3/c1-7-9-10-11-12-13-14-15-16-17-18-19-20-21-22-23-24-25-26-34(8-2)42-37(41)28-27-36(40)35-32-39(31-33(3)4)30-29-38(35,5)6/h32-34H,7-31H2,1-6H3. The molecule has 0 N–H and O–H groups in total. The SMILES string of the molecule is CCCCCCCCCCCCCCCCCCCCC(CC)OC(=O)CCC(=O)C1=CN(CC(C)C)CCC1(C)C. The summed E-state index contributed by atoms with van der Waals surface area (Å²) in [5.41, 5.74) is 0.737. The van der Waals surface area contributed by atoms with Crippen molar-refractivity contribution in [3.05, 3.63) is 11.8 Å². The molecule has 0 saturated carbocycles. The summed E-state index contributed by atoms with van der Waals surface area (Å²) in [5, 5.41) is 0. The fourth-order valence-electron chi connectivity index (χ4n) is 6.26. The van der Waals surface area contributed by atoms with Crippen molar-refractivity contribution in [2.24, 2.45) is 11.3 Å². The van der Waals surface area contributed by atoms with Crippen LogP contribution in [-0.4, -0.2) is 35.8 Å². The van der Waals surface area contributed by atoms with Gasteiger partial charge < -0.3 is 9.64 Å². The van der Waals surface area contributed by atoms with Gasteiger partial charge in [0, 0.05) is 31.3 Å². The second-order valence-electron chi connectivity index (χ2n) is 14.3. The number of rotatable bonds is 27. The first-order valence-electron chi connectivity index (χ1n) is 18.4. The number of carbonyl (C=O) groups is 2. The number of carbonyl (C=O) groups excluding carboxylic acids is 2. The van der Waals surface area contributed by atoms with Crippen LogP contribution < -0.4 is 0 Å². The maximum absolute atomic E-state index is 13.1. The van der Waals surface area contributed by atoms with Gasteiger partial charge in [0.2, 0.25) is 0 Å². The minimum atomic E-state index is -0.217. The molecular weight excluding hydrogens is 518 g/mol. The van der Waals surface area contributed by atoms with Crippen LogP contribution in [0.2, 0.25) is 0 Å². The molecule has 0 spiro atoms. The number of ether oxygens (including phenoxy) is 1. The van der Waals surface area contributed by atoms with Gasteiger partial charge in [-0.1, -0.05) is 151 Å². The molecule has 0 saturated heterocycles. The van der Waals surface area contributed by atoms with Gasteiger partial charge >= 0.3 is 5.97 Å². The summed E-state index contributed by atoms with van der Waals surface area (Å²) in [4.78, 5) is 27.9. The van der Waals surface area contributed by atoms with Crippen LogP contribution in [0.25, 0.3) is 0 Å². The summed E-state index contributed by atoms with van der Waals surface area (Å²) in [6.07, 6.45) is 30.0. The zero-order valence-electron chi connectivity index (χ0n) is 29.1. The summed E-state index contributed by atoms with van der Waals surface area (Å²) in [5.74, 6) is 0.441. The number of allylic oxidation sites excluding steroid dienone is 1. The molecule has 4 heteroatoms. The number of unbranched alkanes of at least 4 members (excludes halogenated alkanes) is 17. The molecule has 0 aromatic carbocycles. The Kier molecular flexibility index (Phi) is 22.2. The molecule has 0 aliphatic carbocycles. The van der Waals surface area contributed by atoms with E-state index in [1.165, 1.54) is 109 Å². The van der Waals surface area contributed by atoms with Crippen molar-refractivity contribution in [1.82, 2.24) is 4.90 Å². The van der Waals surface area contributed by atoms with E-state index in [1.807, 2.05) is 0 Å². The molecule has 1 rings (SSSR count). The van der Waals surface area contributed by atoms with Crippen LogP contribution in [0.4, 0.5) is 0 Å². The van der Waals surface area contributed by atoms with Crippen molar-refractivity contribution in [3.8, 4) is 0 Å². The van der Waals surface area contributed by atoms with Crippen LogP contribution >= 0.6 is 0 Å². The summed E-state index contributed by atoms with van der Waals surface area (Å²) < 4.78 is 5.78. The summed E-state index contributed by atoms with van der Waals surface area (Å²) in [6.45, 7) is 15.0. The monoisotopic (exact) mass is 590 g/mol. The Morgan fingerprint density at radius 1 is 0.762 bits per heavy atom. The van der Waals surface area contributed by atoms with Crippen molar-refractivity contribution >= 4 is 11.8 Å². The Hall–Kier alpha value is -1.32. The molecule has 0 aromatic heterocycles. The zero-order chi connectivity index (χ0) is 31.1. The van der Waals surface area contributed by atoms with Gasteiger partial charge in [-0.05, 0) is 37.0 Å². The summed E-state index contributed by atoms with van der Waals surface area (Å²) in [7, 11) is 0. The molecule has 246 valence electrons. The van der Waals surface area contributed by atoms with Crippen LogP contribution in [0.1, 0.15) is 189 Å². The highest BCUT2D eigenvalue weighted by Gasteiger charge is 2.33. The Morgan fingerprint density at radius 2 is 1.24 bits per heavy atom. The summed E-state index contributed by atoms with van der Waals surface area (Å²) >= 11 is 0. The lowest BCUT2D eigenvalue weighted by Crippen LogP contribution is -2.36. The second-order valence-corrected chi connectivity index (χ2v) is 14.3. The molecule has 1 unspecified atom stereocenters. The Morgan fingerprint density at radius 3 is 1.69 bits per heavy atom. The lowest BCUT2D eigenvalue weighted by molar-refractivity contribution is -0.150. The predicted molar refractivity (Wildman–Crippen MR) is 181 cm³/mol. The average molecular weight is 590 g/mol. The minimum absolute atomic E-state index is 0.0134. The van der Waals surface area contributed by atoms with E-state index in [2.05, 4.69) is 52.6 Å². The molecule has 1 heterocycles. The number of hydrogen-bond acceptors (Lipinski definition) is 4. The first kappa shape index (κ1) is 38.7. The number of ketones is 1. The maximum atomic E-state index is 13.1. The average Bonchev–Trinajstić information content (AvgIpc) is 2.95. The van der Waals surface area contributed by atoms with Crippen LogP contribution in [0.3, 0.4) is 0 Å². The molecule has 0 fully saturated rings. The van der Waals surface area contributed by atoms with Crippen LogP contribution in [0.5, 0.6) is 0 Å². The number of nitrogens with zero attached hydrogens (tertiary/aromatic N) is 1. The molecule has 1 aliphatic heterocycles. The van der Waals surface area contributed by atoms with Crippen LogP contribution in [0.15, 0.2) is 11.8 Å². The van der Waals surface area contributed by atoms with Gasteiger partial charge in [0.1, 0.15) is 6.10 Å². The predicted octanol–water partition coefficient (Wildman–Crippen LogP) is 11.4. The van der Waals surface area contributed by atoms with Gasteiger partial charge in [-0.2, -0.15) is 0 Å². The van der Waals surface area contributed by atoms with E-state index in [9.17, 15) is 9.59 Å². The van der Waals surface area contributed by atoms with Crippen molar-refractivity contribution < 1.29 is 14.3 Å². The minimum Gasteiger partial charge on any atom is -0.462 e. The van der Waals surface area contributed by atoms with Gasteiger partial charge in [-0.15, -0.1) is 0 Å². The number of hydrogen-bond donors (Lipinski definition) is 0. The highest BCUT2D eigenvalue weighted by molar-refractivity contribution is 5.98. The summed E-state index contributed by atoms with van der Waals surface area (Å²) in [6, 6.07) is 0. The molecule has 0 aromatic rings. The number of esters is 1. The lowest BCUT2D eigenvalue weighted by atomic mass is 9.76. The zero-order valence-corrected chi connectivity index (χ0v) is 29.1. The number of Topliss-reactive ketones (excluding diaryl/α,β-unsaturated/α-hetero) is 1. The molecular formula is C38H71NO3. The van der Waals surface area contributed by atoms with E-state index in [-0.39, 0.29) is 36.1 Å². The third kappa shape index (κ3) is 19.1. The molecule has 1 aliphatic rings. The lowest BCUT2D eigenvalue weighted by Gasteiger charge is -2.37. The fourth-order valence-corrected chi connectivity index (χ4v) is 6.26. The van der Waals surface area contributed by atoms with E-state index in [1.54, 1.807) is 0 Å². The first-order valence-corrected chi connectivity index (χ1v) is 18.4. The quantitative estimate of drug-likeness (QED) is 0.0706. The van der Waals surface area contributed by atoms with Crippen LogP contribution in [-0.2, 0) is 14.3 Å². The largest absolute Gasteiger partial charge is 0.462 e. The Labute approximate surface area is 262 Å². The van der Waals surface area contributed by atoms with Gasteiger partial charge in [0.25, 0.3) is 0 Å². The van der Waals surface area contributed by atoms with E-state index in [0.29, 0.717) is 5.92 Å². The molecule has 4 nitrogen and oxygen atoms in total. The van der Waals surface area contributed by atoms with Crippen molar-refractivity contribution in [2.45, 2.75) is 195 Å². The highest BCUT2D eigenvalue weighted by Crippen LogP contribution is 2.36. The Bertz CT molecular complexity index is 726. The van der Waals surface area contributed by atoms with Crippen LogP contribution in [0, 0.1) is 11.3 Å². The van der Waals surface area contributed by atoms with Gasteiger partial charge in [-0.25, -0.2) is 0 Å². The van der Waals surface area contributed by atoms with Gasteiger partial charge in [-0.3, -0.25) is 9.59 Å². The van der Waals surface area contributed by atoms with Crippen molar-refractivity contribution in [3.63, 3.8) is 0 Å². The van der Waals surface area contributed by atoms with Gasteiger partial charge in [0.05, 0.1) is 6.42 Å². The van der Waals surface area contributed by atoms with Crippen molar-refractivity contribution in [2.75, 3.05) is 13.1 Å². The smallest absolute Gasteiger partial charge is 0.306 e. The molecule has 1 atom stereocenters. The first-order chi connectivity index (χ1) is 20.2. The third-order valence-corrected chi connectivity index (χ3v) is 9.15. The highest BCUT2D eigenvalue weighted by atomic mass is 16.5. The fraction of sp³-hybridized carbons (Fsp3) is 0.895. The van der Waals surface area contributed by atoms with E-state index in [4.69, 9.17) is 4.74 Å². The van der Waals surface area contributed by atoms with E-state index < -0.39 is 0 Å². The second kappa shape index (κ2) is 24.1. The maximum Gasteiger partial charge on any atom is 0.306 e. The third-order valence-electron chi connectivity index (χ3n) is 9.15. The van der Waals surface area contributed by atoms with E-state index in [0.717, 1.165) is 44.3 Å². The molecule has 0 bridgehead atoms. The normalized spacial score (nSPS) is 15.6. The molecule has 42 heavy (non-hydrogen) atoms. The van der Waals surface area contributed by atoms with E-state index >= 15 is 0 Å². The Balaban J connectivity index is 2.07. The topological polar surface area (TPSA) is 46.6 Å². The molecule has 0 amide bonds. The van der Waals surface area contributed by atoms with Gasteiger partial charge in [0.15, 0.2) is 5.78 Å². The van der Waals surface area contributed by atoms with Crippen molar-refractivity contribution in [1.29, 1.82) is 0 Å². The molecule has 0 radical (unpaired) electrons.